The van der Waals surface area contributed by atoms with Gasteiger partial charge in [-0.15, -0.1) is 0 Å². The van der Waals surface area contributed by atoms with Crippen LogP contribution in [0, 0.1) is 5.92 Å². The zero-order valence-corrected chi connectivity index (χ0v) is 8.77. The monoisotopic (exact) mass is 216 g/mol. The Bertz CT molecular complexity index is 238. The van der Waals surface area contributed by atoms with Crippen LogP contribution in [0.25, 0.3) is 0 Å². The highest BCUT2D eigenvalue weighted by molar-refractivity contribution is 5.78. The van der Waals surface area contributed by atoms with Gasteiger partial charge in [-0.25, -0.2) is 0 Å². The molecule has 1 N–H and O–H groups in total. The number of rotatable bonds is 6. The van der Waals surface area contributed by atoms with Crippen LogP contribution in [-0.4, -0.2) is 36.9 Å². The van der Waals surface area contributed by atoms with Crippen molar-refractivity contribution >= 4 is 11.9 Å². The third-order valence-corrected chi connectivity index (χ3v) is 2.56. The molecule has 1 fully saturated rings. The summed E-state index contributed by atoms with van der Waals surface area (Å²) in [5, 5.41) is 8.83. The highest BCUT2D eigenvalue weighted by atomic mass is 16.6. The van der Waals surface area contributed by atoms with Crippen molar-refractivity contribution in [2.45, 2.75) is 31.8 Å². The first-order valence-corrected chi connectivity index (χ1v) is 5.07. The van der Waals surface area contributed by atoms with E-state index in [1.165, 1.54) is 7.11 Å². The van der Waals surface area contributed by atoms with Crippen LogP contribution in [-0.2, 0) is 19.1 Å². The predicted octanol–water partition coefficient (Wildman–Crippen LogP) is 0.254. The van der Waals surface area contributed by atoms with Gasteiger partial charge in [0.15, 0.2) is 0 Å². The molecule has 1 rings (SSSR count). The Morgan fingerprint density at radius 1 is 1.53 bits per heavy atom. The van der Waals surface area contributed by atoms with E-state index in [4.69, 9.17) is 9.84 Å². The molecule has 5 nitrogen and oxygen atoms in total. The maximum absolute atomic E-state index is 10.8. The van der Waals surface area contributed by atoms with Crippen LogP contribution >= 0.6 is 0 Å². The Balaban J connectivity index is 2.06. The van der Waals surface area contributed by atoms with E-state index >= 15 is 0 Å². The second-order valence-electron chi connectivity index (χ2n) is 3.59. The molecule has 1 aliphatic rings. The smallest absolute Gasteiger partial charge is 0.315 e. The van der Waals surface area contributed by atoms with Gasteiger partial charge in [0.2, 0.25) is 0 Å². The van der Waals surface area contributed by atoms with Crippen molar-refractivity contribution in [3.63, 3.8) is 0 Å². The van der Waals surface area contributed by atoms with Crippen LogP contribution in [0.1, 0.15) is 25.7 Å². The van der Waals surface area contributed by atoms with Crippen molar-refractivity contribution in [3.8, 4) is 0 Å². The molecule has 86 valence electrons. The number of esters is 2. The molecule has 1 aliphatic heterocycles. The van der Waals surface area contributed by atoms with E-state index in [0.717, 1.165) is 12.8 Å². The van der Waals surface area contributed by atoms with Gasteiger partial charge in [-0.1, -0.05) is 0 Å². The highest BCUT2D eigenvalue weighted by Gasteiger charge is 2.41. The number of methoxy groups -OCH3 is 1. The van der Waals surface area contributed by atoms with Gasteiger partial charge in [-0.3, -0.25) is 9.59 Å². The van der Waals surface area contributed by atoms with Gasteiger partial charge < -0.3 is 14.6 Å². The molecule has 2 atom stereocenters. The lowest BCUT2D eigenvalue weighted by Gasteiger charge is -2.33. The Morgan fingerprint density at radius 3 is 2.80 bits per heavy atom. The average Bonchev–Trinajstić information content (AvgIpc) is 2.22. The fourth-order valence-corrected chi connectivity index (χ4v) is 1.57. The quantitative estimate of drug-likeness (QED) is 0.509. The van der Waals surface area contributed by atoms with Crippen LogP contribution in [0.5, 0.6) is 0 Å². The summed E-state index contributed by atoms with van der Waals surface area (Å²) in [6.45, 7) is -0.152. The molecule has 15 heavy (non-hydrogen) atoms. The number of cyclic esters (lactones) is 1. The zero-order valence-electron chi connectivity index (χ0n) is 8.77. The first-order chi connectivity index (χ1) is 7.19. The first-order valence-electron chi connectivity index (χ1n) is 5.07. The number of carbonyl (C=O) groups is 2. The van der Waals surface area contributed by atoms with E-state index in [0.29, 0.717) is 12.8 Å². The van der Waals surface area contributed by atoms with Gasteiger partial charge >= 0.3 is 11.9 Å². The molecule has 0 aliphatic carbocycles. The molecular weight excluding hydrogens is 200 g/mol. The fourth-order valence-electron chi connectivity index (χ4n) is 1.57. The van der Waals surface area contributed by atoms with E-state index in [2.05, 4.69) is 4.74 Å². The summed E-state index contributed by atoms with van der Waals surface area (Å²) < 4.78 is 9.35. The maximum atomic E-state index is 10.8. The van der Waals surface area contributed by atoms with Gasteiger partial charge in [0, 0.05) is 6.42 Å². The molecule has 0 aromatic heterocycles. The molecule has 0 aromatic rings. The number of ether oxygens (including phenoxy) is 2. The van der Waals surface area contributed by atoms with Crippen molar-refractivity contribution in [1.29, 1.82) is 0 Å². The van der Waals surface area contributed by atoms with Gasteiger partial charge in [0.1, 0.15) is 12.0 Å². The summed E-state index contributed by atoms with van der Waals surface area (Å²) in [4.78, 5) is 21.6. The summed E-state index contributed by atoms with van der Waals surface area (Å²) in [6.07, 6.45) is 2.44. The Labute approximate surface area is 88.4 Å². The number of carbonyl (C=O) groups excluding carboxylic acids is 2. The second-order valence-corrected chi connectivity index (χ2v) is 3.59. The SMILES string of the molecule is COC(=O)CCCC[C@H]1OC(=O)[C@H]1CO. The molecule has 0 unspecified atom stereocenters. The third-order valence-electron chi connectivity index (χ3n) is 2.56. The molecule has 0 spiro atoms. The van der Waals surface area contributed by atoms with Crippen molar-refractivity contribution in [3.05, 3.63) is 0 Å². The lowest BCUT2D eigenvalue weighted by atomic mass is 9.93. The van der Waals surface area contributed by atoms with Crippen molar-refractivity contribution in [2.75, 3.05) is 13.7 Å². The zero-order chi connectivity index (χ0) is 11.3. The summed E-state index contributed by atoms with van der Waals surface area (Å²) in [7, 11) is 1.36. The van der Waals surface area contributed by atoms with Gasteiger partial charge in [-0.05, 0) is 19.3 Å². The van der Waals surface area contributed by atoms with Crippen molar-refractivity contribution < 1.29 is 24.2 Å². The number of hydrogen-bond acceptors (Lipinski definition) is 5. The van der Waals surface area contributed by atoms with E-state index in [-0.39, 0.29) is 30.6 Å². The lowest BCUT2D eigenvalue weighted by molar-refractivity contribution is -0.189. The van der Waals surface area contributed by atoms with Crippen LogP contribution in [0.2, 0.25) is 0 Å². The summed E-state index contributed by atoms with van der Waals surface area (Å²) in [5.41, 5.74) is 0. The lowest BCUT2D eigenvalue weighted by Crippen LogP contribution is -2.47. The topological polar surface area (TPSA) is 72.8 Å². The minimum Gasteiger partial charge on any atom is -0.469 e. The summed E-state index contributed by atoms with van der Waals surface area (Å²) in [6, 6.07) is 0. The third kappa shape index (κ3) is 3.20. The molecule has 0 radical (unpaired) electrons. The second kappa shape index (κ2) is 5.70. The van der Waals surface area contributed by atoms with Crippen molar-refractivity contribution in [2.24, 2.45) is 5.92 Å². The van der Waals surface area contributed by atoms with Crippen LogP contribution in [0.3, 0.4) is 0 Å². The maximum Gasteiger partial charge on any atom is 0.315 e. The molecule has 0 saturated carbocycles. The van der Waals surface area contributed by atoms with E-state index in [1.807, 2.05) is 0 Å². The molecule has 1 heterocycles. The Morgan fingerprint density at radius 2 is 2.27 bits per heavy atom. The number of hydrogen-bond donors (Lipinski definition) is 1. The van der Waals surface area contributed by atoms with Crippen molar-refractivity contribution in [1.82, 2.24) is 0 Å². The minimum absolute atomic E-state index is 0.152. The van der Waals surface area contributed by atoms with Gasteiger partial charge in [-0.2, -0.15) is 0 Å². The van der Waals surface area contributed by atoms with Crippen LogP contribution in [0.15, 0.2) is 0 Å². The molecule has 0 bridgehead atoms. The molecular formula is C10H16O5. The van der Waals surface area contributed by atoms with Crippen LogP contribution in [0.4, 0.5) is 0 Å². The summed E-state index contributed by atoms with van der Waals surface area (Å²) in [5.74, 6) is -0.905. The molecule has 1 saturated heterocycles. The first kappa shape index (κ1) is 12.0. The summed E-state index contributed by atoms with van der Waals surface area (Å²) >= 11 is 0. The van der Waals surface area contributed by atoms with E-state index in [1.54, 1.807) is 0 Å². The highest BCUT2D eigenvalue weighted by Crippen LogP contribution is 2.26. The Hall–Kier alpha value is -1.10. The number of aliphatic hydroxyl groups is 1. The van der Waals surface area contributed by atoms with Gasteiger partial charge in [0.05, 0.1) is 13.7 Å². The molecule has 0 amide bonds. The fraction of sp³-hybridized carbons (Fsp3) is 0.800. The largest absolute Gasteiger partial charge is 0.469 e. The normalized spacial score (nSPS) is 24.3. The predicted molar refractivity (Wildman–Crippen MR) is 50.9 cm³/mol. The van der Waals surface area contributed by atoms with Crippen LogP contribution < -0.4 is 0 Å². The number of aliphatic hydroxyl groups excluding tert-OH is 1. The van der Waals surface area contributed by atoms with E-state index < -0.39 is 0 Å². The van der Waals surface area contributed by atoms with E-state index in [9.17, 15) is 9.59 Å². The average molecular weight is 216 g/mol. The van der Waals surface area contributed by atoms with Gasteiger partial charge in [0.25, 0.3) is 0 Å². The minimum atomic E-state index is -0.358. The number of unbranched alkanes of at least 4 members (excludes halogenated alkanes) is 1. The Kier molecular flexibility index (Phi) is 4.55. The standard InChI is InChI=1S/C10H16O5/c1-14-9(12)5-3-2-4-8-7(6-11)10(13)15-8/h7-8,11H,2-6H2,1H3/t7-,8+/m0/s1. The molecule has 5 heteroatoms. The molecule has 0 aromatic carbocycles.